The molecular weight excluding hydrogens is 312 g/mol. The average Bonchev–Trinajstić information content (AvgIpc) is 2.89. The maximum Gasteiger partial charge on any atom is 0.253 e. The fourth-order valence-electron chi connectivity index (χ4n) is 2.41. The van der Waals surface area contributed by atoms with Crippen LogP contribution in [0.5, 0.6) is 0 Å². The number of hydrogen-bond donors (Lipinski definition) is 1. The molecule has 1 saturated carbocycles. The van der Waals surface area contributed by atoms with Crippen molar-refractivity contribution in [2.45, 2.75) is 31.7 Å². The molecule has 0 heterocycles. The van der Waals surface area contributed by atoms with E-state index >= 15 is 0 Å². The van der Waals surface area contributed by atoms with Crippen molar-refractivity contribution in [2.75, 3.05) is 17.6 Å². The Morgan fingerprint density at radius 3 is 2.48 bits per heavy atom. The second-order valence-corrected chi connectivity index (χ2v) is 7.77. The largest absolute Gasteiger partial charge is 0.349 e. The zero-order valence-corrected chi connectivity index (χ0v) is 13.7. The molecular formula is C14H19ClN2O3S. The van der Waals surface area contributed by atoms with Crippen LogP contribution in [0.15, 0.2) is 18.2 Å². The maximum absolute atomic E-state index is 12.2. The van der Waals surface area contributed by atoms with Gasteiger partial charge in [0, 0.05) is 13.1 Å². The molecule has 0 unspecified atom stereocenters. The van der Waals surface area contributed by atoms with Gasteiger partial charge in [-0.25, -0.2) is 8.42 Å². The topological polar surface area (TPSA) is 66.5 Å². The molecule has 116 valence electrons. The van der Waals surface area contributed by atoms with Gasteiger partial charge in [0.1, 0.15) is 0 Å². The summed E-state index contributed by atoms with van der Waals surface area (Å²) in [7, 11) is -1.91. The third-order valence-electron chi connectivity index (χ3n) is 3.75. The van der Waals surface area contributed by atoms with Gasteiger partial charge < -0.3 is 5.32 Å². The maximum atomic E-state index is 12.2. The number of nitrogens with zero attached hydrogens (tertiary/aromatic N) is 1. The van der Waals surface area contributed by atoms with Crippen molar-refractivity contribution >= 4 is 33.2 Å². The van der Waals surface area contributed by atoms with Gasteiger partial charge in [0.25, 0.3) is 5.91 Å². The van der Waals surface area contributed by atoms with Crippen LogP contribution in [0.2, 0.25) is 5.02 Å². The number of halogens is 1. The Morgan fingerprint density at radius 2 is 1.95 bits per heavy atom. The monoisotopic (exact) mass is 330 g/mol. The molecule has 1 aliphatic carbocycles. The van der Waals surface area contributed by atoms with E-state index in [-0.39, 0.29) is 17.0 Å². The first kappa shape index (κ1) is 16.1. The first-order valence-electron chi connectivity index (χ1n) is 6.83. The van der Waals surface area contributed by atoms with Gasteiger partial charge in [-0.05, 0) is 31.0 Å². The normalized spacial score (nSPS) is 16.0. The fourth-order valence-corrected chi connectivity index (χ4v) is 3.17. The number of sulfonamides is 1. The highest BCUT2D eigenvalue weighted by atomic mass is 35.5. The molecule has 1 fully saturated rings. The Bertz CT molecular complexity index is 640. The molecule has 0 aliphatic heterocycles. The highest BCUT2D eigenvalue weighted by molar-refractivity contribution is 7.92. The molecule has 1 amide bonds. The van der Waals surface area contributed by atoms with Crippen molar-refractivity contribution in [3.05, 3.63) is 28.8 Å². The van der Waals surface area contributed by atoms with E-state index in [4.69, 9.17) is 11.6 Å². The van der Waals surface area contributed by atoms with E-state index in [0.29, 0.717) is 11.3 Å². The smallest absolute Gasteiger partial charge is 0.253 e. The van der Waals surface area contributed by atoms with Crippen LogP contribution < -0.4 is 9.62 Å². The predicted molar refractivity (Wildman–Crippen MR) is 84.4 cm³/mol. The van der Waals surface area contributed by atoms with Crippen molar-refractivity contribution < 1.29 is 13.2 Å². The number of anilines is 1. The number of benzene rings is 1. The quantitative estimate of drug-likeness (QED) is 0.922. The van der Waals surface area contributed by atoms with Gasteiger partial charge in [-0.1, -0.05) is 24.4 Å². The summed E-state index contributed by atoms with van der Waals surface area (Å²) in [6, 6.07) is 4.85. The van der Waals surface area contributed by atoms with Crippen LogP contribution in [-0.4, -0.2) is 33.7 Å². The van der Waals surface area contributed by atoms with Gasteiger partial charge in [0.05, 0.1) is 22.5 Å². The van der Waals surface area contributed by atoms with Crippen LogP contribution in [0.1, 0.15) is 36.0 Å². The van der Waals surface area contributed by atoms with E-state index in [0.717, 1.165) is 36.2 Å². The molecule has 7 heteroatoms. The van der Waals surface area contributed by atoms with E-state index in [2.05, 4.69) is 5.32 Å². The van der Waals surface area contributed by atoms with Crippen LogP contribution in [0.4, 0.5) is 5.69 Å². The lowest BCUT2D eigenvalue weighted by atomic mass is 10.1. The van der Waals surface area contributed by atoms with Gasteiger partial charge in [0.2, 0.25) is 10.0 Å². The second-order valence-electron chi connectivity index (χ2n) is 5.35. The average molecular weight is 331 g/mol. The predicted octanol–water partition coefficient (Wildman–Crippen LogP) is 2.41. The lowest BCUT2D eigenvalue weighted by Crippen LogP contribution is -2.32. The molecule has 0 saturated heterocycles. The van der Waals surface area contributed by atoms with Crippen molar-refractivity contribution in [1.29, 1.82) is 0 Å². The minimum absolute atomic E-state index is 0.208. The van der Waals surface area contributed by atoms with Crippen LogP contribution >= 0.6 is 11.6 Å². The lowest BCUT2D eigenvalue weighted by molar-refractivity contribution is 0.0938. The van der Waals surface area contributed by atoms with Gasteiger partial charge in [0.15, 0.2) is 0 Å². The summed E-state index contributed by atoms with van der Waals surface area (Å²) in [6.07, 6.45) is 5.38. The number of nitrogens with one attached hydrogen (secondary N) is 1. The highest BCUT2D eigenvalue weighted by Crippen LogP contribution is 2.25. The zero-order valence-electron chi connectivity index (χ0n) is 12.1. The van der Waals surface area contributed by atoms with E-state index < -0.39 is 10.0 Å². The van der Waals surface area contributed by atoms with Crippen molar-refractivity contribution in [3.8, 4) is 0 Å². The van der Waals surface area contributed by atoms with Crippen LogP contribution in [0, 0.1) is 0 Å². The minimum Gasteiger partial charge on any atom is -0.349 e. The first-order valence-corrected chi connectivity index (χ1v) is 9.06. The number of carbonyl (C=O) groups is 1. The molecule has 21 heavy (non-hydrogen) atoms. The second kappa shape index (κ2) is 6.23. The van der Waals surface area contributed by atoms with Crippen LogP contribution in [0.3, 0.4) is 0 Å². The molecule has 1 aromatic rings. The molecule has 0 atom stereocenters. The summed E-state index contributed by atoms with van der Waals surface area (Å²) >= 11 is 6.12. The molecule has 1 aromatic carbocycles. The van der Waals surface area contributed by atoms with Gasteiger partial charge >= 0.3 is 0 Å². The molecule has 5 nitrogen and oxygen atoms in total. The first-order chi connectivity index (χ1) is 9.79. The van der Waals surface area contributed by atoms with Gasteiger partial charge in [-0.3, -0.25) is 9.10 Å². The molecule has 0 bridgehead atoms. The van der Waals surface area contributed by atoms with Crippen LogP contribution in [0.25, 0.3) is 0 Å². The third kappa shape index (κ3) is 3.89. The van der Waals surface area contributed by atoms with Crippen molar-refractivity contribution in [2.24, 2.45) is 0 Å². The number of amides is 1. The van der Waals surface area contributed by atoms with E-state index in [1.54, 1.807) is 12.1 Å². The molecule has 2 rings (SSSR count). The number of carbonyl (C=O) groups excluding carboxylic acids is 1. The van der Waals surface area contributed by atoms with Gasteiger partial charge in [-0.15, -0.1) is 0 Å². The number of hydrogen-bond acceptors (Lipinski definition) is 3. The summed E-state index contributed by atoms with van der Waals surface area (Å²) in [4.78, 5) is 12.2. The summed E-state index contributed by atoms with van der Waals surface area (Å²) in [5.41, 5.74) is 0.800. The van der Waals surface area contributed by atoms with Crippen LogP contribution in [-0.2, 0) is 10.0 Å². The molecule has 1 aliphatic rings. The van der Waals surface area contributed by atoms with E-state index in [1.165, 1.54) is 13.1 Å². The standard InChI is InChI=1S/C14H19ClN2O3S/c1-17(21(2,19)20)11-7-8-12(13(15)9-11)14(18)16-10-5-3-4-6-10/h7-10H,3-6H2,1-2H3,(H,16,18). The fraction of sp³-hybridized carbons (Fsp3) is 0.500. The molecule has 0 spiro atoms. The minimum atomic E-state index is -3.35. The molecule has 0 radical (unpaired) electrons. The van der Waals surface area contributed by atoms with Crippen molar-refractivity contribution in [1.82, 2.24) is 5.32 Å². The highest BCUT2D eigenvalue weighted by Gasteiger charge is 2.20. The van der Waals surface area contributed by atoms with E-state index in [1.807, 2.05) is 0 Å². The Kier molecular flexibility index (Phi) is 4.78. The molecule has 0 aromatic heterocycles. The zero-order chi connectivity index (χ0) is 15.6. The molecule has 1 N–H and O–H groups in total. The SMILES string of the molecule is CN(c1ccc(C(=O)NC2CCCC2)c(Cl)c1)S(C)(=O)=O. The Hall–Kier alpha value is -1.27. The van der Waals surface area contributed by atoms with Crippen molar-refractivity contribution in [3.63, 3.8) is 0 Å². The summed E-state index contributed by atoms with van der Waals surface area (Å²) in [6.45, 7) is 0. The Labute approximate surface area is 130 Å². The lowest BCUT2D eigenvalue weighted by Gasteiger charge is -2.18. The number of rotatable bonds is 4. The summed E-state index contributed by atoms with van der Waals surface area (Å²) < 4.78 is 24.1. The summed E-state index contributed by atoms with van der Waals surface area (Å²) in [5.74, 6) is -0.208. The third-order valence-corrected chi connectivity index (χ3v) is 5.27. The Balaban J connectivity index is 2.17. The van der Waals surface area contributed by atoms with E-state index in [9.17, 15) is 13.2 Å². The summed E-state index contributed by atoms with van der Waals surface area (Å²) in [5, 5.41) is 3.21. The van der Waals surface area contributed by atoms with Gasteiger partial charge in [-0.2, -0.15) is 0 Å². The Morgan fingerprint density at radius 1 is 1.33 bits per heavy atom.